The molecule has 16 heavy (non-hydrogen) atoms. The Hall–Kier alpha value is -0.930. The molecule has 0 saturated carbocycles. The standard InChI is InChI=1S/C13H16N2S/c1-9-4-3-5-10-11(9)15-12(16-10)13(2)6-7-14-8-13/h3-5,14H,6-8H2,1-2H3. The summed E-state index contributed by atoms with van der Waals surface area (Å²) in [6, 6.07) is 6.44. The molecular formula is C13H16N2S. The lowest BCUT2D eigenvalue weighted by atomic mass is 9.91. The maximum Gasteiger partial charge on any atom is 0.101 e. The first-order valence-corrected chi connectivity index (χ1v) is 6.58. The summed E-state index contributed by atoms with van der Waals surface area (Å²) in [5, 5.41) is 4.73. The fraction of sp³-hybridized carbons (Fsp3) is 0.462. The zero-order valence-electron chi connectivity index (χ0n) is 9.71. The smallest absolute Gasteiger partial charge is 0.101 e. The summed E-state index contributed by atoms with van der Waals surface area (Å²) in [7, 11) is 0. The molecule has 1 aliphatic rings. The average Bonchev–Trinajstić information content (AvgIpc) is 2.85. The maximum atomic E-state index is 4.84. The summed E-state index contributed by atoms with van der Waals surface area (Å²) in [5.74, 6) is 0. The number of rotatable bonds is 1. The topological polar surface area (TPSA) is 24.9 Å². The van der Waals surface area contributed by atoms with E-state index in [1.165, 1.54) is 27.2 Å². The lowest BCUT2D eigenvalue weighted by molar-refractivity contribution is 0.523. The molecule has 2 nitrogen and oxygen atoms in total. The van der Waals surface area contributed by atoms with E-state index in [0.717, 1.165) is 13.1 Å². The third kappa shape index (κ3) is 1.46. The van der Waals surface area contributed by atoms with Crippen LogP contribution in [0.4, 0.5) is 0 Å². The van der Waals surface area contributed by atoms with Gasteiger partial charge in [0.1, 0.15) is 5.01 Å². The highest BCUT2D eigenvalue weighted by atomic mass is 32.1. The van der Waals surface area contributed by atoms with Gasteiger partial charge in [-0.25, -0.2) is 4.98 Å². The second-order valence-corrected chi connectivity index (χ2v) is 5.96. The van der Waals surface area contributed by atoms with Gasteiger partial charge in [-0.1, -0.05) is 19.1 Å². The van der Waals surface area contributed by atoms with Crippen LogP contribution >= 0.6 is 11.3 Å². The first kappa shape index (κ1) is 10.2. The highest BCUT2D eigenvalue weighted by Gasteiger charge is 2.33. The Balaban J connectivity index is 2.15. The van der Waals surface area contributed by atoms with E-state index < -0.39 is 0 Å². The lowest BCUT2D eigenvalue weighted by Crippen LogP contribution is -2.24. The number of fused-ring (bicyclic) bond motifs is 1. The maximum absolute atomic E-state index is 4.84. The molecule has 1 N–H and O–H groups in total. The minimum Gasteiger partial charge on any atom is -0.316 e. The van der Waals surface area contributed by atoms with Gasteiger partial charge >= 0.3 is 0 Å². The van der Waals surface area contributed by atoms with Crippen molar-refractivity contribution in [1.82, 2.24) is 10.3 Å². The molecule has 1 aromatic carbocycles. The number of nitrogens with one attached hydrogen (secondary N) is 1. The first-order chi connectivity index (χ1) is 7.69. The Bertz CT molecular complexity index is 524. The second kappa shape index (κ2) is 3.54. The first-order valence-electron chi connectivity index (χ1n) is 5.76. The third-order valence-corrected chi connectivity index (χ3v) is 4.83. The molecule has 1 fully saturated rings. The summed E-state index contributed by atoms with van der Waals surface area (Å²) in [6.45, 7) is 6.64. The van der Waals surface area contributed by atoms with Crippen molar-refractivity contribution in [3.05, 3.63) is 28.8 Å². The molecule has 2 aromatic rings. The molecule has 1 aliphatic heterocycles. The van der Waals surface area contributed by atoms with Gasteiger partial charge in [0.05, 0.1) is 10.2 Å². The monoisotopic (exact) mass is 232 g/mol. The molecule has 84 valence electrons. The van der Waals surface area contributed by atoms with Gasteiger partial charge in [-0.3, -0.25) is 0 Å². The van der Waals surface area contributed by atoms with Crippen molar-refractivity contribution < 1.29 is 0 Å². The van der Waals surface area contributed by atoms with Gasteiger partial charge in [0.2, 0.25) is 0 Å². The van der Waals surface area contributed by atoms with Gasteiger partial charge < -0.3 is 5.32 Å². The molecule has 2 heterocycles. The zero-order valence-corrected chi connectivity index (χ0v) is 10.5. The van der Waals surface area contributed by atoms with Crippen LogP contribution in [0.15, 0.2) is 18.2 Å². The molecule has 3 rings (SSSR count). The number of hydrogen-bond donors (Lipinski definition) is 1. The molecule has 0 bridgehead atoms. The fourth-order valence-electron chi connectivity index (χ4n) is 2.34. The minimum atomic E-state index is 0.246. The van der Waals surface area contributed by atoms with Crippen LogP contribution in [0.5, 0.6) is 0 Å². The van der Waals surface area contributed by atoms with E-state index in [2.05, 4.69) is 37.4 Å². The Morgan fingerprint density at radius 1 is 1.44 bits per heavy atom. The van der Waals surface area contributed by atoms with Gasteiger partial charge in [-0.05, 0) is 31.5 Å². The summed E-state index contributed by atoms with van der Waals surface area (Å²) < 4.78 is 1.32. The van der Waals surface area contributed by atoms with E-state index in [4.69, 9.17) is 4.98 Å². The third-order valence-electron chi connectivity index (χ3n) is 3.51. The summed E-state index contributed by atoms with van der Waals surface area (Å²) in [5.41, 5.74) is 2.72. The van der Waals surface area contributed by atoms with Crippen molar-refractivity contribution in [3.8, 4) is 0 Å². The molecule has 3 heteroatoms. The van der Waals surface area contributed by atoms with Crippen LogP contribution in [0.1, 0.15) is 23.9 Å². The Kier molecular flexibility index (Phi) is 2.26. The highest BCUT2D eigenvalue weighted by Crippen LogP contribution is 2.36. The number of hydrogen-bond acceptors (Lipinski definition) is 3. The Morgan fingerprint density at radius 2 is 2.31 bits per heavy atom. The largest absolute Gasteiger partial charge is 0.316 e. The number of aryl methyl sites for hydroxylation is 1. The molecule has 0 aliphatic carbocycles. The van der Waals surface area contributed by atoms with Gasteiger partial charge in [-0.15, -0.1) is 11.3 Å². The van der Waals surface area contributed by atoms with E-state index in [0.29, 0.717) is 0 Å². The van der Waals surface area contributed by atoms with Crippen LogP contribution in [0.3, 0.4) is 0 Å². The van der Waals surface area contributed by atoms with Crippen LogP contribution < -0.4 is 5.32 Å². The second-order valence-electron chi connectivity index (χ2n) is 4.93. The number of nitrogens with zero attached hydrogens (tertiary/aromatic N) is 1. The van der Waals surface area contributed by atoms with Crippen LogP contribution in [0, 0.1) is 6.92 Å². The SMILES string of the molecule is Cc1cccc2sc(C3(C)CCNC3)nc12. The number of benzene rings is 1. The molecule has 0 spiro atoms. The quantitative estimate of drug-likeness (QED) is 0.818. The molecule has 1 unspecified atom stereocenters. The fourth-order valence-corrected chi connectivity index (χ4v) is 3.56. The average molecular weight is 232 g/mol. The number of thiazole rings is 1. The van der Waals surface area contributed by atoms with Crippen molar-refractivity contribution in [2.75, 3.05) is 13.1 Å². The van der Waals surface area contributed by atoms with Crippen molar-refractivity contribution in [2.45, 2.75) is 25.7 Å². The molecule has 0 amide bonds. The van der Waals surface area contributed by atoms with E-state index in [-0.39, 0.29) is 5.41 Å². The van der Waals surface area contributed by atoms with Crippen LogP contribution in [0.2, 0.25) is 0 Å². The van der Waals surface area contributed by atoms with Crippen LogP contribution in [-0.4, -0.2) is 18.1 Å². The van der Waals surface area contributed by atoms with Gasteiger partial charge in [-0.2, -0.15) is 0 Å². The van der Waals surface area contributed by atoms with E-state index in [1.54, 1.807) is 0 Å². The van der Waals surface area contributed by atoms with Crippen LogP contribution in [-0.2, 0) is 5.41 Å². The predicted octanol–water partition coefficient (Wildman–Crippen LogP) is 2.86. The van der Waals surface area contributed by atoms with Crippen molar-refractivity contribution >= 4 is 21.6 Å². The van der Waals surface area contributed by atoms with E-state index in [1.807, 2.05) is 11.3 Å². The molecule has 0 radical (unpaired) electrons. The molecule has 1 atom stereocenters. The highest BCUT2D eigenvalue weighted by molar-refractivity contribution is 7.18. The predicted molar refractivity (Wildman–Crippen MR) is 69.2 cm³/mol. The summed E-state index contributed by atoms with van der Waals surface area (Å²) in [4.78, 5) is 4.84. The van der Waals surface area contributed by atoms with Gasteiger partial charge in [0.25, 0.3) is 0 Å². The Morgan fingerprint density at radius 3 is 3.00 bits per heavy atom. The van der Waals surface area contributed by atoms with E-state index in [9.17, 15) is 0 Å². The minimum absolute atomic E-state index is 0.246. The number of aromatic nitrogens is 1. The molecule has 1 aromatic heterocycles. The zero-order chi connectivity index (χ0) is 11.2. The Labute approximate surface area is 99.7 Å². The molecule has 1 saturated heterocycles. The lowest BCUT2D eigenvalue weighted by Gasteiger charge is -2.18. The molecular weight excluding hydrogens is 216 g/mol. The summed E-state index contributed by atoms with van der Waals surface area (Å²) >= 11 is 1.86. The van der Waals surface area contributed by atoms with Gasteiger partial charge in [0.15, 0.2) is 0 Å². The van der Waals surface area contributed by atoms with E-state index >= 15 is 0 Å². The van der Waals surface area contributed by atoms with Crippen molar-refractivity contribution in [2.24, 2.45) is 0 Å². The van der Waals surface area contributed by atoms with Crippen molar-refractivity contribution in [3.63, 3.8) is 0 Å². The van der Waals surface area contributed by atoms with Crippen molar-refractivity contribution in [1.29, 1.82) is 0 Å². The summed E-state index contributed by atoms with van der Waals surface area (Å²) in [6.07, 6.45) is 1.20. The van der Waals surface area contributed by atoms with Gasteiger partial charge in [0, 0.05) is 12.0 Å². The number of para-hydroxylation sites is 1. The normalized spacial score (nSPS) is 25.4. The van der Waals surface area contributed by atoms with Crippen LogP contribution in [0.25, 0.3) is 10.2 Å².